The van der Waals surface area contributed by atoms with Gasteiger partial charge in [0.1, 0.15) is 0 Å². The summed E-state index contributed by atoms with van der Waals surface area (Å²) in [4.78, 5) is 22.4. The highest BCUT2D eigenvalue weighted by Crippen LogP contribution is 2.29. The van der Waals surface area contributed by atoms with Crippen LogP contribution in [0.1, 0.15) is 20.3 Å². The summed E-state index contributed by atoms with van der Waals surface area (Å²) in [5.74, 6) is -0.127. The van der Waals surface area contributed by atoms with Crippen molar-refractivity contribution in [1.82, 2.24) is 3.11 Å². The van der Waals surface area contributed by atoms with Gasteiger partial charge < -0.3 is 0 Å². The number of nitrogens with zero attached hydrogens (tertiary/aromatic N) is 1. The summed E-state index contributed by atoms with van der Waals surface area (Å²) in [5.41, 5.74) is 0. The smallest absolute Gasteiger partial charge is 0.251 e. The highest BCUT2D eigenvalue weighted by atomic mass is 127. The number of hydrogen-bond donors (Lipinski definition) is 0. The molecule has 2 amide bonds. The van der Waals surface area contributed by atoms with Crippen LogP contribution in [-0.2, 0) is 9.59 Å². The molecule has 68 valence electrons. The van der Waals surface area contributed by atoms with Crippen LogP contribution in [0.4, 0.5) is 0 Å². The molecule has 0 aliphatic carbocycles. The lowest BCUT2D eigenvalue weighted by Gasteiger charge is -2.09. The Bertz CT molecular complexity index is 219. The minimum Gasteiger partial charge on any atom is -0.274 e. The molecule has 1 saturated heterocycles. The number of halogens is 1. The minimum atomic E-state index is -0.144. The van der Waals surface area contributed by atoms with Crippen LogP contribution in [0.2, 0.25) is 0 Å². The Morgan fingerprint density at radius 1 is 1.58 bits per heavy atom. The van der Waals surface area contributed by atoms with Gasteiger partial charge in [-0.2, -0.15) is 0 Å². The molecule has 0 aromatic rings. The van der Waals surface area contributed by atoms with Crippen molar-refractivity contribution in [1.29, 1.82) is 0 Å². The number of amides is 2. The van der Waals surface area contributed by atoms with E-state index in [1.807, 2.05) is 13.8 Å². The molecule has 5 heteroatoms. The molecule has 1 heterocycles. The molecule has 12 heavy (non-hydrogen) atoms. The minimum absolute atomic E-state index is 0.0562. The first-order valence-electron chi connectivity index (χ1n) is 3.70. The van der Waals surface area contributed by atoms with Crippen molar-refractivity contribution in [3.63, 3.8) is 0 Å². The summed E-state index contributed by atoms with van der Waals surface area (Å²) < 4.78 is 1.19. The predicted molar refractivity (Wildman–Crippen MR) is 57.0 cm³/mol. The van der Waals surface area contributed by atoms with Crippen LogP contribution in [0.3, 0.4) is 0 Å². The lowest BCUT2D eigenvalue weighted by molar-refractivity contribution is -0.130. The lowest BCUT2D eigenvalue weighted by atomic mass is 10.4. The molecule has 1 rings (SSSR count). The molecule has 1 aliphatic heterocycles. The molecule has 1 aliphatic rings. The maximum Gasteiger partial charge on any atom is 0.251 e. The molecule has 0 spiro atoms. The molecule has 1 unspecified atom stereocenters. The van der Waals surface area contributed by atoms with Gasteiger partial charge in [0, 0.05) is 6.42 Å². The molecule has 3 nitrogen and oxygen atoms in total. The third kappa shape index (κ3) is 2.12. The number of hydrogen-bond acceptors (Lipinski definition) is 3. The summed E-state index contributed by atoms with van der Waals surface area (Å²) in [5, 5.41) is 0.254. The normalized spacial score (nSPS) is 24.3. The fourth-order valence-corrected chi connectivity index (χ4v) is 2.85. The van der Waals surface area contributed by atoms with E-state index >= 15 is 0 Å². The summed E-state index contributed by atoms with van der Waals surface area (Å²) in [6.07, 6.45) is 0.366. The second-order valence-corrected chi connectivity index (χ2v) is 5.64. The van der Waals surface area contributed by atoms with Crippen LogP contribution in [0.15, 0.2) is 0 Å². The first-order valence-corrected chi connectivity index (χ1v) is 5.61. The molecule has 0 aromatic heterocycles. The van der Waals surface area contributed by atoms with Gasteiger partial charge in [0.2, 0.25) is 5.91 Å². The summed E-state index contributed by atoms with van der Waals surface area (Å²) >= 11 is 3.33. The van der Waals surface area contributed by atoms with E-state index in [2.05, 4.69) is 0 Å². The monoisotopic (exact) mass is 299 g/mol. The van der Waals surface area contributed by atoms with Gasteiger partial charge in [-0.15, -0.1) is 11.8 Å². The molecule has 0 radical (unpaired) electrons. The molecular weight excluding hydrogens is 289 g/mol. The van der Waals surface area contributed by atoms with Crippen LogP contribution < -0.4 is 0 Å². The third-order valence-electron chi connectivity index (χ3n) is 1.48. The lowest BCUT2D eigenvalue weighted by Crippen LogP contribution is -2.21. The summed E-state index contributed by atoms with van der Waals surface area (Å²) in [6.45, 7) is 4.05. The number of thioether (sulfide) groups is 1. The van der Waals surface area contributed by atoms with Crippen molar-refractivity contribution < 1.29 is 9.59 Å². The van der Waals surface area contributed by atoms with E-state index < -0.39 is 0 Å². The molecular formula is C7H10INO2S. The van der Waals surface area contributed by atoms with Crippen molar-refractivity contribution in [2.75, 3.05) is 0 Å². The van der Waals surface area contributed by atoms with E-state index in [0.717, 1.165) is 0 Å². The highest BCUT2D eigenvalue weighted by Gasteiger charge is 2.37. The van der Waals surface area contributed by atoms with Crippen LogP contribution >= 0.6 is 34.6 Å². The van der Waals surface area contributed by atoms with E-state index in [4.69, 9.17) is 0 Å². The average Bonchev–Trinajstić information content (AvgIpc) is 2.17. The van der Waals surface area contributed by atoms with Crippen molar-refractivity contribution in [2.24, 2.45) is 0 Å². The second kappa shape index (κ2) is 3.95. The van der Waals surface area contributed by atoms with Crippen molar-refractivity contribution >= 4 is 46.4 Å². The molecule has 1 atom stereocenters. The summed E-state index contributed by atoms with van der Waals surface area (Å²) in [6, 6.07) is 0. The molecule has 0 bridgehead atoms. The van der Waals surface area contributed by atoms with Crippen LogP contribution in [0, 0.1) is 0 Å². The Labute approximate surface area is 89.7 Å². The Balaban J connectivity index is 2.59. The number of carbonyl (C=O) groups is 2. The van der Waals surface area contributed by atoms with Crippen LogP contribution in [-0.4, -0.2) is 25.4 Å². The molecule has 0 saturated carbocycles. The number of rotatable bonds is 2. The quantitative estimate of drug-likeness (QED) is 0.441. The third-order valence-corrected chi connectivity index (χ3v) is 3.74. The average molecular weight is 299 g/mol. The van der Waals surface area contributed by atoms with E-state index in [-0.39, 0.29) is 17.1 Å². The van der Waals surface area contributed by atoms with Gasteiger partial charge in [-0.3, -0.25) is 9.59 Å². The second-order valence-electron chi connectivity index (χ2n) is 2.89. The Morgan fingerprint density at radius 2 is 2.17 bits per heavy atom. The first kappa shape index (κ1) is 10.3. The van der Waals surface area contributed by atoms with Gasteiger partial charge in [-0.1, -0.05) is 13.8 Å². The van der Waals surface area contributed by atoms with Gasteiger partial charge >= 0.3 is 0 Å². The van der Waals surface area contributed by atoms with E-state index in [0.29, 0.717) is 11.7 Å². The highest BCUT2D eigenvalue weighted by molar-refractivity contribution is 14.1. The molecule has 0 N–H and O–H groups in total. The van der Waals surface area contributed by atoms with Crippen molar-refractivity contribution in [3.05, 3.63) is 0 Å². The largest absolute Gasteiger partial charge is 0.274 e. The Hall–Kier alpha value is 0.220. The topological polar surface area (TPSA) is 37.4 Å². The summed E-state index contributed by atoms with van der Waals surface area (Å²) in [7, 11) is 0. The zero-order valence-electron chi connectivity index (χ0n) is 6.91. The fraction of sp³-hybridized carbons (Fsp3) is 0.714. The SMILES string of the molecule is CC(C)SC1CC(=O)N(I)C1=O. The Morgan fingerprint density at radius 3 is 2.50 bits per heavy atom. The van der Waals surface area contributed by atoms with Gasteiger partial charge in [-0.05, 0) is 5.25 Å². The van der Waals surface area contributed by atoms with Gasteiger partial charge in [-0.25, -0.2) is 3.11 Å². The first-order chi connectivity index (χ1) is 5.52. The number of carbonyl (C=O) groups excluding carboxylic acids is 2. The number of imide groups is 1. The van der Waals surface area contributed by atoms with E-state index in [1.165, 1.54) is 3.11 Å². The zero-order valence-corrected chi connectivity index (χ0v) is 9.89. The van der Waals surface area contributed by atoms with Crippen molar-refractivity contribution in [3.8, 4) is 0 Å². The van der Waals surface area contributed by atoms with Gasteiger partial charge in [0.05, 0.1) is 28.1 Å². The molecule has 0 aromatic carbocycles. The molecule has 1 fully saturated rings. The maximum absolute atomic E-state index is 11.3. The predicted octanol–water partition coefficient (Wildman–Crippen LogP) is 1.61. The van der Waals surface area contributed by atoms with Gasteiger partial charge in [0.25, 0.3) is 5.91 Å². The van der Waals surface area contributed by atoms with E-state index in [1.54, 1.807) is 34.6 Å². The van der Waals surface area contributed by atoms with Crippen LogP contribution in [0.25, 0.3) is 0 Å². The maximum atomic E-state index is 11.3. The van der Waals surface area contributed by atoms with Gasteiger partial charge in [0.15, 0.2) is 0 Å². The van der Waals surface area contributed by atoms with Crippen molar-refractivity contribution in [2.45, 2.75) is 30.8 Å². The van der Waals surface area contributed by atoms with Crippen LogP contribution in [0.5, 0.6) is 0 Å². The Kier molecular flexibility index (Phi) is 3.39. The zero-order chi connectivity index (χ0) is 9.30. The standard InChI is InChI=1S/C7H10INO2S/c1-4(2)12-5-3-6(10)9(8)7(5)11/h4-5H,3H2,1-2H3. The fourth-order valence-electron chi connectivity index (χ4n) is 1.01. The van der Waals surface area contributed by atoms with E-state index in [9.17, 15) is 9.59 Å².